The second-order valence-corrected chi connectivity index (χ2v) is 7.27. The number of benzene rings is 1. The highest BCUT2D eigenvalue weighted by molar-refractivity contribution is 5.98. The smallest absolute Gasteiger partial charge is 0.414 e. The molecule has 1 aromatic carbocycles. The molecule has 29 heavy (non-hydrogen) atoms. The molecule has 2 aliphatic heterocycles. The first-order chi connectivity index (χ1) is 14.1. The van der Waals surface area contributed by atoms with Crippen LogP contribution in [0.25, 0.3) is 10.9 Å². The average molecular weight is 395 g/mol. The first-order valence-electron chi connectivity index (χ1n) is 9.53. The summed E-state index contributed by atoms with van der Waals surface area (Å²) >= 11 is 0. The maximum absolute atomic E-state index is 13.1. The van der Waals surface area contributed by atoms with Crippen molar-refractivity contribution in [3.8, 4) is 0 Å². The third-order valence-corrected chi connectivity index (χ3v) is 5.41. The lowest BCUT2D eigenvalue weighted by Crippen LogP contribution is -2.39. The minimum Gasteiger partial charge on any atom is -0.441 e. The number of cyclic esters (lactones) is 1. The Balaban J connectivity index is 1.39. The summed E-state index contributed by atoms with van der Waals surface area (Å²) in [6.07, 6.45) is 0.945. The molecule has 5 rings (SSSR count). The largest absolute Gasteiger partial charge is 0.441 e. The van der Waals surface area contributed by atoms with E-state index in [-0.39, 0.29) is 12.0 Å². The predicted molar refractivity (Wildman–Crippen MR) is 105 cm³/mol. The second kappa shape index (κ2) is 6.93. The average Bonchev–Trinajstić information content (AvgIpc) is 3.43. The fourth-order valence-electron chi connectivity index (χ4n) is 3.98. The van der Waals surface area contributed by atoms with Gasteiger partial charge in [-0.05, 0) is 12.1 Å². The molecular formula is C20H21N5O4. The normalized spacial score (nSPS) is 18.9. The molecule has 1 atom stereocenters. The van der Waals surface area contributed by atoms with Gasteiger partial charge in [-0.1, -0.05) is 18.2 Å². The Hall–Kier alpha value is -3.33. The molecule has 1 N–H and O–H groups in total. The minimum atomic E-state index is -0.415. The Bertz CT molecular complexity index is 1050. The van der Waals surface area contributed by atoms with Gasteiger partial charge >= 0.3 is 6.09 Å². The SMILES string of the molecule is COC[C@@H]1CN(c2cnn3c2CN(C(=O)c2cc4ccccc4[nH]2)CC3)C(=O)O1. The number of nitrogens with zero attached hydrogens (tertiary/aromatic N) is 4. The van der Waals surface area contributed by atoms with Gasteiger partial charge in [-0.3, -0.25) is 14.4 Å². The number of fused-ring (bicyclic) bond motifs is 2. The highest BCUT2D eigenvalue weighted by atomic mass is 16.6. The van der Waals surface area contributed by atoms with Crippen molar-refractivity contribution in [2.75, 3.05) is 31.7 Å². The third kappa shape index (κ3) is 3.03. The Morgan fingerprint density at radius 3 is 3.03 bits per heavy atom. The lowest BCUT2D eigenvalue weighted by molar-refractivity contribution is 0.0701. The maximum atomic E-state index is 13.1. The van der Waals surface area contributed by atoms with Gasteiger partial charge < -0.3 is 19.4 Å². The molecule has 9 nitrogen and oxygen atoms in total. The molecule has 4 heterocycles. The Labute approximate surface area is 166 Å². The van der Waals surface area contributed by atoms with E-state index in [0.29, 0.717) is 44.2 Å². The summed E-state index contributed by atoms with van der Waals surface area (Å²) in [4.78, 5) is 31.9. The van der Waals surface area contributed by atoms with Crippen LogP contribution < -0.4 is 4.90 Å². The van der Waals surface area contributed by atoms with Crippen molar-refractivity contribution in [1.82, 2.24) is 19.7 Å². The van der Waals surface area contributed by atoms with Crippen LogP contribution in [-0.4, -0.2) is 64.6 Å². The molecule has 150 valence electrons. The maximum Gasteiger partial charge on any atom is 0.414 e. The molecule has 1 saturated heterocycles. The van der Waals surface area contributed by atoms with Crippen molar-refractivity contribution in [2.45, 2.75) is 19.2 Å². The molecule has 2 aliphatic rings. The van der Waals surface area contributed by atoms with E-state index in [1.807, 2.05) is 35.0 Å². The summed E-state index contributed by atoms with van der Waals surface area (Å²) < 4.78 is 12.3. The summed E-state index contributed by atoms with van der Waals surface area (Å²) in [5.74, 6) is -0.0687. The Morgan fingerprint density at radius 1 is 1.34 bits per heavy atom. The van der Waals surface area contributed by atoms with E-state index in [4.69, 9.17) is 9.47 Å². The number of amides is 2. The zero-order valence-electron chi connectivity index (χ0n) is 16.0. The van der Waals surface area contributed by atoms with Crippen LogP contribution in [0.3, 0.4) is 0 Å². The van der Waals surface area contributed by atoms with Crippen LogP contribution in [0.5, 0.6) is 0 Å². The van der Waals surface area contributed by atoms with Crippen LogP contribution >= 0.6 is 0 Å². The van der Waals surface area contributed by atoms with Gasteiger partial charge in [-0.2, -0.15) is 5.10 Å². The van der Waals surface area contributed by atoms with E-state index in [1.54, 1.807) is 23.1 Å². The second-order valence-electron chi connectivity index (χ2n) is 7.27. The van der Waals surface area contributed by atoms with E-state index in [1.165, 1.54) is 0 Å². The predicted octanol–water partition coefficient (Wildman–Crippen LogP) is 1.99. The number of rotatable bonds is 4. The van der Waals surface area contributed by atoms with Gasteiger partial charge in [0.1, 0.15) is 11.8 Å². The summed E-state index contributed by atoms with van der Waals surface area (Å²) in [6.45, 7) is 2.26. The number of H-pyrrole nitrogens is 1. The molecular weight excluding hydrogens is 374 g/mol. The van der Waals surface area contributed by atoms with Crippen LogP contribution in [0.1, 0.15) is 16.2 Å². The number of hydrogen-bond acceptors (Lipinski definition) is 5. The van der Waals surface area contributed by atoms with Crippen LogP contribution in [0.4, 0.5) is 10.5 Å². The van der Waals surface area contributed by atoms with Crippen molar-refractivity contribution in [3.05, 3.63) is 47.9 Å². The molecule has 3 aromatic rings. The van der Waals surface area contributed by atoms with Crippen molar-refractivity contribution in [2.24, 2.45) is 0 Å². The van der Waals surface area contributed by atoms with Crippen molar-refractivity contribution in [1.29, 1.82) is 0 Å². The Morgan fingerprint density at radius 2 is 2.21 bits per heavy atom. The van der Waals surface area contributed by atoms with Gasteiger partial charge in [0.05, 0.1) is 43.8 Å². The highest BCUT2D eigenvalue weighted by Gasteiger charge is 2.36. The molecule has 1 fully saturated rings. The molecule has 2 aromatic heterocycles. The van der Waals surface area contributed by atoms with Crippen molar-refractivity contribution < 1.29 is 19.1 Å². The number of carbonyl (C=O) groups excluding carboxylic acids is 2. The first kappa shape index (κ1) is 17.7. The van der Waals surface area contributed by atoms with E-state index < -0.39 is 6.09 Å². The summed E-state index contributed by atoms with van der Waals surface area (Å²) in [5, 5.41) is 5.40. The van der Waals surface area contributed by atoms with Crippen molar-refractivity contribution in [3.63, 3.8) is 0 Å². The van der Waals surface area contributed by atoms with Gasteiger partial charge in [0.2, 0.25) is 0 Å². The lowest BCUT2D eigenvalue weighted by atomic mass is 10.2. The molecule has 0 unspecified atom stereocenters. The number of anilines is 1. The van der Waals surface area contributed by atoms with E-state index in [2.05, 4.69) is 10.1 Å². The monoisotopic (exact) mass is 395 g/mol. The van der Waals surface area contributed by atoms with Crippen LogP contribution in [0.15, 0.2) is 36.5 Å². The fourth-order valence-corrected chi connectivity index (χ4v) is 3.98. The van der Waals surface area contributed by atoms with Crippen LogP contribution in [0, 0.1) is 0 Å². The number of para-hydroxylation sites is 1. The molecule has 0 radical (unpaired) electrons. The minimum absolute atomic E-state index is 0.0687. The molecule has 0 spiro atoms. The lowest BCUT2D eigenvalue weighted by Gasteiger charge is -2.28. The quantitative estimate of drug-likeness (QED) is 0.729. The molecule has 9 heteroatoms. The zero-order chi connectivity index (χ0) is 20.0. The number of carbonyl (C=O) groups is 2. The summed E-state index contributed by atoms with van der Waals surface area (Å²) in [6, 6.07) is 9.68. The van der Waals surface area contributed by atoms with Gasteiger partial charge in [0, 0.05) is 24.6 Å². The summed E-state index contributed by atoms with van der Waals surface area (Å²) in [7, 11) is 1.58. The van der Waals surface area contributed by atoms with E-state index in [9.17, 15) is 9.59 Å². The Kier molecular flexibility index (Phi) is 4.24. The zero-order valence-corrected chi connectivity index (χ0v) is 16.0. The fraction of sp³-hybridized carbons (Fsp3) is 0.350. The van der Waals surface area contributed by atoms with Gasteiger partial charge in [-0.15, -0.1) is 0 Å². The molecule has 0 bridgehead atoms. The van der Waals surface area contributed by atoms with Gasteiger partial charge in [0.25, 0.3) is 5.91 Å². The molecule has 0 aliphatic carbocycles. The van der Waals surface area contributed by atoms with Gasteiger partial charge in [-0.25, -0.2) is 4.79 Å². The number of ether oxygens (including phenoxy) is 2. The third-order valence-electron chi connectivity index (χ3n) is 5.41. The van der Waals surface area contributed by atoms with E-state index >= 15 is 0 Å². The highest BCUT2D eigenvalue weighted by Crippen LogP contribution is 2.29. The molecule has 0 saturated carbocycles. The number of nitrogens with one attached hydrogen (secondary N) is 1. The molecule has 2 amide bonds. The topological polar surface area (TPSA) is 92.7 Å². The first-order valence-corrected chi connectivity index (χ1v) is 9.53. The van der Waals surface area contributed by atoms with Crippen LogP contribution in [0.2, 0.25) is 0 Å². The number of aromatic nitrogens is 3. The van der Waals surface area contributed by atoms with Gasteiger partial charge in [0.15, 0.2) is 0 Å². The van der Waals surface area contributed by atoms with E-state index in [0.717, 1.165) is 16.6 Å². The summed E-state index contributed by atoms with van der Waals surface area (Å²) in [5.41, 5.74) is 3.00. The number of hydrogen-bond donors (Lipinski definition) is 1. The van der Waals surface area contributed by atoms with Crippen molar-refractivity contribution >= 4 is 28.6 Å². The number of methoxy groups -OCH3 is 1. The van der Waals surface area contributed by atoms with Crippen LogP contribution in [-0.2, 0) is 22.6 Å². The standard InChI is InChI=1S/C20H21N5O4/c1-28-12-14-10-24(20(27)29-14)17-9-21-25-7-6-23(11-18(17)25)19(26)16-8-13-4-2-3-5-15(13)22-16/h2-5,8-9,14,22H,6-7,10-12H2,1H3/t14-/m0/s1. The number of aromatic amines is 1.